The molecule has 1 aromatic carbocycles. The molecular formula is C13H14F3NO3. The fraction of sp³-hybridized carbons (Fsp3) is 0.385. The molecule has 110 valence electrons. The quantitative estimate of drug-likeness (QED) is 0.894. The van der Waals surface area contributed by atoms with Gasteiger partial charge < -0.3 is 10.4 Å². The van der Waals surface area contributed by atoms with Gasteiger partial charge in [-0.05, 0) is 19.4 Å². The Morgan fingerprint density at radius 1 is 1.15 bits per heavy atom. The predicted molar refractivity (Wildman–Crippen MR) is 65.1 cm³/mol. The fourth-order valence-electron chi connectivity index (χ4n) is 1.95. The largest absolute Gasteiger partial charge is 0.481 e. The lowest BCUT2D eigenvalue weighted by Gasteiger charge is -2.33. The van der Waals surface area contributed by atoms with Crippen molar-refractivity contribution in [3.8, 4) is 0 Å². The second-order valence-corrected chi connectivity index (χ2v) is 4.86. The Balaban J connectivity index is 3.08. The van der Waals surface area contributed by atoms with Crippen LogP contribution in [0.4, 0.5) is 13.2 Å². The molecule has 0 bridgehead atoms. The van der Waals surface area contributed by atoms with Crippen LogP contribution < -0.4 is 5.32 Å². The molecule has 1 rings (SSSR count). The lowest BCUT2D eigenvalue weighted by Crippen LogP contribution is -2.54. The molecule has 7 heteroatoms. The van der Waals surface area contributed by atoms with Crippen LogP contribution in [-0.4, -0.2) is 28.7 Å². The summed E-state index contributed by atoms with van der Waals surface area (Å²) in [5.74, 6) is -4.77. The predicted octanol–water partition coefficient (Wildman–Crippen LogP) is 2.31. The monoisotopic (exact) mass is 289 g/mol. The molecule has 1 unspecified atom stereocenters. The maximum Gasteiger partial charge on any atom is 0.471 e. The summed E-state index contributed by atoms with van der Waals surface area (Å²) in [6.45, 7) is 2.48. The second kappa shape index (κ2) is 5.52. The molecule has 0 spiro atoms. The van der Waals surface area contributed by atoms with E-state index in [4.69, 9.17) is 0 Å². The van der Waals surface area contributed by atoms with Gasteiger partial charge in [-0.25, -0.2) is 0 Å². The molecule has 0 aromatic heterocycles. The van der Waals surface area contributed by atoms with E-state index in [0.717, 1.165) is 0 Å². The molecule has 20 heavy (non-hydrogen) atoms. The molecule has 0 fully saturated rings. The summed E-state index contributed by atoms with van der Waals surface area (Å²) in [6, 6.07) is 7.78. The Hall–Kier alpha value is -2.05. The van der Waals surface area contributed by atoms with E-state index in [9.17, 15) is 27.9 Å². The van der Waals surface area contributed by atoms with Gasteiger partial charge in [-0.3, -0.25) is 9.59 Å². The number of carbonyl (C=O) groups is 2. The number of nitrogens with one attached hydrogen (secondary N) is 1. The third kappa shape index (κ3) is 3.72. The highest BCUT2D eigenvalue weighted by Gasteiger charge is 2.45. The zero-order valence-electron chi connectivity index (χ0n) is 10.9. The second-order valence-electron chi connectivity index (χ2n) is 4.86. The van der Waals surface area contributed by atoms with Crippen molar-refractivity contribution in [2.45, 2.75) is 31.5 Å². The number of alkyl halides is 3. The van der Waals surface area contributed by atoms with Gasteiger partial charge >= 0.3 is 18.1 Å². The number of carboxylic acid groups (broad SMARTS) is 1. The molecule has 1 amide bonds. The molecule has 4 nitrogen and oxygen atoms in total. The number of carbonyl (C=O) groups excluding carboxylic acids is 1. The van der Waals surface area contributed by atoms with Crippen molar-refractivity contribution in [2.24, 2.45) is 0 Å². The van der Waals surface area contributed by atoms with Crippen LogP contribution in [0.2, 0.25) is 0 Å². The van der Waals surface area contributed by atoms with E-state index in [1.165, 1.54) is 26.0 Å². The third-order valence-corrected chi connectivity index (χ3v) is 2.79. The number of amides is 1. The minimum absolute atomic E-state index is 0.312. The number of rotatable bonds is 4. The molecule has 1 aromatic rings. The molecule has 0 saturated heterocycles. The smallest absolute Gasteiger partial charge is 0.471 e. The van der Waals surface area contributed by atoms with Crippen molar-refractivity contribution in [2.75, 3.05) is 0 Å². The van der Waals surface area contributed by atoms with Crippen LogP contribution in [0.25, 0.3) is 0 Å². The zero-order chi connectivity index (χ0) is 15.6. The van der Waals surface area contributed by atoms with Crippen molar-refractivity contribution in [3.05, 3.63) is 35.9 Å². The maximum atomic E-state index is 12.3. The van der Waals surface area contributed by atoms with Crippen molar-refractivity contribution in [1.29, 1.82) is 0 Å². The Morgan fingerprint density at radius 3 is 2.05 bits per heavy atom. The molecule has 0 saturated carbocycles. The number of hydrogen-bond acceptors (Lipinski definition) is 2. The summed E-state index contributed by atoms with van der Waals surface area (Å²) in [7, 11) is 0. The highest BCUT2D eigenvalue weighted by atomic mass is 19.4. The van der Waals surface area contributed by atoms with Gasteiger partial charge in [-0.2, -0.15) is 13.2 Å². The normalized spacial score (nSPS) is 13.7. The van der Waals surface area contributed by atoms with E-state index in [2.05, 4.69) is 0 Å². The highest BCUT2D eigenvalue weighted by Crippen LogP contribution is 2.29. The molecular weight excluding hydrogens is 275 g/mol. The summed E-state index contributed by atoms with van der Waals surface area (Å²) in [4.78, 5) is 22.4. The number of hydrogen-bond donors (Lipinski definition) is 2. The Morgan fingerprint density at radius 2 is 1.65 bits per heavy atom. The minimum atomic E-state index is -5.06. The minimum Gasteiger partial charge on any atom is -0.481 e. The average molecular weight is 289 g/mol. The summed E-state index contributed by atoms with van der Waals surface area (Å²) in [6.07, 6.45) is -5.06. The highest BCUT2D eigenvalue weighted by molar-refractivity contribution is 5.85. The average Bonchev–Trinajstić information content (AvgIpc) is 2.27. The van der Waals surface area contributed by atoms with E-state index in [1.807, 2.05) is 0 Å². The standard InChI is InChI=1S/C13H14F3NO3/c1-12(2,17-11(20)13(14,15)16)9(10(18)19)8-6-4-3-5-7-8/h3-7,9H,1-2H3,(H,17,20)(H,18,19). The van der Waals surface area contributed by atoms with Crippen LogP contribution in [0.15, 0.2) is 30.3 Å². The lowest BCUT2D eigenvalue weighted by atomic mass is 9.82. The lowest BCUT2D eigenvalue weighted by molar-refractivity contribution is -0.176. The molecule has 1 atom stereocenters. The van der Waals surface area contributed by atoms with E-state index in [1.54, 1.807) is 23.5 Å². The number of aliphatic carboxylic acids is 1. The summed E-state index contributed by atoms with van der Waals surface area (Å²) in [5, 5.41) is 11.0. The Bertz CT molecular complexity index is 497. The van der Waals surface area contributed by atoms with Crippen molar-refractivity contribution < 1.29 is 27.9 Å². The van der Waals surface area contributed by atoms with Gasteiger partial charge in [0, 0.05) is 0 Å². The topological polar surface area (TPSA) is 66.4 Å². The maximum absolute atomic E-state index is 12.3. The Kier molecular flexibility index (Phi) is 4.42. The molecule has 0 aliphatic heterocycles. The third-order valence-electron chi connectivity index (χ3n) is 2.79. The number of carboxylic acids is 1. The van der Waals surface area contributed by atoms with E-state index < -0.39 is 29.5 Å². The van der Waals surface area contributed by atoms with Crippen molar-refractivity contribution in [3.63, 3.8) is 0 Å². The molecule has 2 N–H and O–H groups in total. The van der Waals surface area contributed by atoms with Gasteiger partial charge in [0.2, 0.25) is 0 Å². The van der Waals surface area contributed by atoms with Gasteiger partial charge in [-0.1, -0.05) is 30.3 Å². The van der Waals surface area contributed by atoms with Crippen LogP contribution in [0.3, 0.4) is 0 Å². The SMILES string of the molecule is CC(C)(NC(=O)C(F)(F)F)C(C(=O)O)c1ccccc1. The van der Waals surface area contributed by atoms with E-state index in [-0.39, 0.29) is 0 Å². The first kappa shape index (κ1) is 16.0. The molecule has 0 radical (unpaired) electrons. The van der Waals surface area contributed by atoms with Crippen LogP contribution in [0.1, 0.15) is 25.3 Å². The first-order chi connectivity index (χ1) is 9.05. The first-order valence-electron chi connectivity index (χ1n) is 5.73. The fourth-order valence-corrected chi connectivity index (χ4v) is 1.95. The summed E-state index contributed by atoms with van der Waals surface area (Å²) < 4.78 is 36.9. The van der Waals surface area contributed by atoms with Crippen molar-refractivity contribution in [1.82, 2.24) is 5.32 Å². The van der Waals surface area contributed by atoms with Crippen LogP contribution >= 0.6 is 0 Å². The van der Waals surface area contributed by atoms with Gasteiger partial charge in [0.1, 0.15) is 5.92 Å². The van der Waals surface area contributed by atoms with Crippen molar-refractivity contribution >= 4 is 11.9 Å². The first-order valence-corrected chi connectivity index (χ1v) is 5.73. The number of benzene rings is 1. The molecule has 0 aliphatic carbocycles. The summed E-state index contributed by atoms with van der Waals surface area (Å²) in [5.41, 5.74) is -1.28. The van der Waals surface area contributed by atoms with Gasteiger partial charge in [0.05, 0.1) is 5.54 Å². The van der Waals surface area contributed by atoms with E-state index >= 15 is 0 Å². The van der Waals surface area contributed by atoms with Gasteiger partial charge in [-0.15, -0.1) is 0 Å². The Labute approximate surface area is 113 Å². The van der Waals surface area contributed by atoms with E-state index in [0.29, 0.717) is 5.56 Å². The van der Waals surface area contributed by atoms with Crippen LogP contribution in [0, 0.1) is 0 Å². The van der Waals surface area contributed by atoms with Gasteiger partial charge in [0.25, 0.3) is 0 Å². The number of halogens is 3. The zero-order valence-corrected chi connectivity index (χ0v) is 10.9. The molecule has 0 aliphatic rings. The molecule has 0 heterocycles. The van der Waals surface area contributed by atoms with Crippen LogP contribution in [-0.2, 0) is 9.59 Å². The van der Waals surface area contributed by atoms with Crippen LogP contribution in [0.5, 0.6) is 0 Å². The van der Waals surface area contributed by atoms with Gasteiger partial charge in [0.15, 0.2) is 0 Å². The summed E-state index contributed by atoms with van der Waals surface area (Å²) >= 11 is 0.